The number of fused-ring (bicyclic) bond motifs is 3. The Morgan fingerprint density at radius 1 is 1.21 bits per heavy atom. The molecule has 7 atom stereocenters. The van der Waals surface area contributed by atoms with Gasteiger partial charge >= 0.3 is 5.97 Å². The Hall–Kier alpha value is -2.05. The van der Waals surface area contributed by atoms with Crippen LogP contribution in [0.5, 0.6) is 11.5 Å². The van der Waals surface area contributed by atoms with Crippen molar-refractivity contribution in [3.63, 3.8) is 0 Å². The minimum absolute atomic E-state index is 0.140. The van der Waals surface area contributed by atoms with E-state index in [1.165, 1.54) is 16.7 Å². The Morgan fingerprint density at radius 3 is 2.67 bits per heavy atom. The summed E-state index contributed by atoms with van der Waals surface area (Å²) in [5.41, 5.74) is 3.49. The number of ether oxygens (including phenoxy) is 3. The van der Waals surface area contributed by atoms with Crippen molar-refractivity contribution in [1.29, 1.82) is 0 Å². The molecule has 1 saturated heterocycles. The van der Waals surface area contributed by atoms with E-state index in [9.17, 15) is 9.90 Å². The van der Waals surface area contributed by atoms with Crippen LogP contribution in [-0.4, -0.2) is 55.5 Å². The molecule has 5 rings (SSSR count). The summed E-state index contributed by atoms with van der Waals surface area (Å²) in [5.74, 6) is 1.27. The first-order chi connectivity index (χ1) is 15.8. The van der Waals surface area contributed by atoms with Crippen LogP contribution in [0, 0.1) is 23.2 Å². The zero-order valence-electron chi connectivity index (χ0n) is 20.5. The molecule has 0 bridgehead atoms. The van der Waals surface area contributed by atoms with Crippen molar-refractivity contribution in [3.05, 3.63) is 34.9 Å². The molecule has 180 valence electrons. The molecular formula is C27H37NO5. The summed E-state index contributed by atoms with van der Waals surface area (Å²) in [6.45, 7) is 8.09. The smallest absolute Gasteiger partial charge is 0.311 e. The van der Waals surface area contributed by atoms with Crippen molar-refractivity contribution in [1.82, 2.24) is 4.90 Å². The monoisotopic (exact) mass is 455 g/mol. The molecule has 1 aromatic carbocycles. The molecule has 0 aromatic heterocycles. The number of aliphatic hydroxyl groups excluding tert-OH is 1. The van der Waals surface area contributed by atoms with Gasteiger partial charge in [-0.1, -0.05) is 25.5 Å². The normalized spacial score (nSPS) is 38.0. The third-order valence-corrected chi connectivity index (χ3v) is 9.31. The van der Waals surface area contributed by atoms with Crippen LogP contribution in [0.4, 0.5) is 0 Å². The molecule has 6 nitrogen and oxygen atoms in total. The van der Waals surface area contributed by atoms with Crippen LogP contribution in [0.1, 0.15) is 57.2 Å². The molecule has 0 radical (unpaired) electrons. The van der Waals surface area contributed by atoms with Crippen LogP contribution in [0.25, 0.3) is 0 Å². The number of allylic oxidation sites excluding steroid dienone is 1. The summed E-state index contributed by atoms with van der Waals surface area (Å²) in [7, 11) is 3.32. The first-order valence-electron chi connectivity index (χ1n) is 12.4. The second-order valence-corrected chi connectivity index (χ2v) is 10.6. The van der Waals surface area contributed by atoms with E-state index >= 15 is 0 Å². The largest absolute Gasteiger partial charge is 0.493 e. The number of carbonyl (C=O) groups is 1. The molecule has 0 amide bonds. The number of rotatable bonds is 4. The number of aliphatic hydroxyl groups is 1. The maximum Gasteiger partial charge on any atom is 0.311 e. The van der Waals surface area contributed by atoms with Crippen LogP contribution in [0.3, 0.4) is 0 Å². The predicted molar refractivity (Wildman–Crippen MR) is 125 cm³/mol. The number of benzene rings is 1. The van der Waals surface area contributed by atoms with Crippen LogP contribution in [0.2, 0.25) is 0 Å². The third-order valence-electron chi connectivity index (χ3n) is 9.31. The molecule has 1 saturated carbocycles. The van der Waals surface area contributed by atoms with Gasteiger partial charge in [0.1, 0.15) is 6.10 Å². The lowest BCUT2D eigenvalue weighted by atomic mass is 9.55. The predicted octanol–water partition coefficient (Wildman–Crippen LogP) is 3.91. The maximum absolute atomic E-state index is 13.1. The van der Waals surface area contributed by atoms with E-state index in [0.717, 1.165) is 43.7 Å². The second-order valence-electron chi connectivity index (χ2n) is 10.6. The topological polar surface area (TPSA) is 68.2 Å². The first-order valence-corrected chi connectivity index (χ1v) is 12.4. The molecule has 2 aliphatic carbocycles. The summed E-state index contributed by atoms with van der Waals surface area (Å²) in [4.78, 5) is 15.4. The van der Waals surface area contributed by atoms with Crippen LogP contribution < -0.4 is 9.47 Å². The lowest BCUT2D eigenvalue weighted by Crippen LogP contribution is -2.55. The van der Waals surface area contributed by atoms with Gasteiger partial charge in [0.15, 0.2) is 11.5 Å². The lowest BCUT2D eigenvalue weighted by Gasteiger charge is -2.52. The van der Waals surface area contributed by atoms with Crippen molar-refractivity contribution < 1.29 is 24.1 Å². The van der Waals surface area contributed by atoms with Crippen LogP contribution in [-0.2, 0) is 16.0 Å². The van der Waals surface area contributed by atoms with Gasteiger partial charge in [0, 0.05) is 36.9 Å². The summed E-state index contributed by atoms with van der Waals surface area (Å²) < 4.78 is 16.9. The van der Waals surface area contributed by atoms with E-state index in [1.54, 1.807) is 14.2 Å². The first kappa shape index (κ1) is 22.7. The Labute approximate surface area is 196 Å². The molecule has 2 aliphatic heterocycles. The zero-order chi connectivity index (χ0) is 23.5. The summed E-state index contributed by atoms with van der Waals surface area (Å²) in [6.07, 6.45) is 5.29. The molecule has 4 aliphatic rings. The molecule has 1 N–H and O–H groups in total. The highest BCUT2D eigenvalue weighted by molar-refractivity contribution is 5.76. The second kappa shape index (κ2) is 8.31. The van der Waals surface area contributed by atoms with Crippen molar-refractivity contribution in [3.8, 4) is 11.5 Å². The zero-order valence-corrected chi connectivity index (χ0v) is 20.5. The Bertz CT molecular complexity index is 974. The lowest BCUT2D eigenvalue weighted by molar-refractivity contribution is -0.145. The standard InChI is InChI=1S/C27H37NO5/c1-15-7-6-8-18-12-23-24(25(29)27(15,18)3)20(26(30)33-23)14-28-10-9-17-11-21(31-4)22(32-5)13-19(17)16(28)2/h8,11,13,15-16,20,23-25,29H,6-7,9-10,12,14H2,1-5H3/t15-,16-,20-,23+,24+,25+,27+/m0/s1. The highest BCUT2D eigenvalue weighted by Crippen LogP contribution is 2.56. The minimum Gasteiger partial charge on any atom is -0.493 e. The van der Waals surface area contributed by atoms with Crippen LogP contribution >= 0.6 is 0 Å². The van der Waals surface area contributed by atoms with Gasteiger partial charge in [-0.2, -0.15) is 0 Å². The van der Waals surface area contributed by atoms with Gasteiger partial charge in [-0.15, -0.1) is 0 Å². The highest BCUT2D eigenvalue weighted by atomic mass is 16.6. The fourth-order valence-corrected chi connectivity index (χ4v) is 6.97. The Kier molecular flexibility index (Phi) is 5.73. The van der Waals surface area contributed by atoms with Gasteiger partial charge in [-0.05, 0) is 55.4 Å². The number of carbonyl (C=O) groups excluding carboxylic acids is 1. The molecule has 0 spiro atoms. The summed E-state index contributed by atoms with van der Waals surface area (Å²) >= 11 is 0. The number of nitrogens with zero attached hydrogens (tertiary/aromatic N) is 1. The Balaban J connectivity index is 1.40. The molecular weight excluding hydrogens is 418 g/mol. The van der Waals surface area contributed by atoms with E-state index in [1.807, 2.05) is 0 Å². The Morgan fingerprint density at radius 2 is 1.94 bits per heavy atom. The molecule has 2 fully saturated rings. The van der Waals surface area contributed by atoms with E-state index < -0.39 is 6.10 Å². The molecule has 1 aromatic rings. The highest BCUT2D eigenvalue weighted by Gasteiger charge is 2.60. The molecule has 0 unspecified atom stereocenters. The number of esters is 1. The van der Waals surface area contributed by atoms with Gasteiger partial charge in [-0.25, -0.2) is 0 Å². The van der Waals surface area contributed by atoms with E-state index in [4.69, 9.17) is 14.2 Å². The van der Waals surface area contributed by atoms with E-state index in [0.29, 0.717) is 12.5 Å². The van der Waals surface area contributed by atoms with Gasteiger partial charge in [0.2, 0.25) is 0 Å². The van der Waals surface area contributed by atoms with Gasteiger partial charge in [0.05, 0.1) is 26.2 Å². The fourth-order valence-electron chi connectivity index (χ4n) is 6.97. The van der Waals surface area contributed by atoms with Gasteiger partial charge < -0.3 is 19.3 Å². The van der Waals surface area contributed by atoms with Crippen LogP contribution in [0.15, 0.2) is 23.8 Å². The SMILES string of the molecule is COc1cc2c(cc1OC)[C@H](C)N(C[C@@H]1C(=O)O[C@@H]3CC4=CCC[C@H](C)[C@@]4(C)[C@H](O)[C@H]13)CC2. The number of hydrogen-bond acceptors (Lipinski definition) is 6. The van der Waals surface area contributed by atoms with Crippen molar-refractivity contribution in [2.75, 3.05) is 27.3 Å². The van der Waals surface area contributed by atoms with E-state index in [-0.39, 0.29) is 35.4 Å². The molecule has 6 heteroatoms. The van der Waals surface area contributed by atoms with Crippen molar-refractivity contribution in [2.45, 2.75) is 64.7 Å². The number of methoxy groups -OCH3 is 2. The number of hydrogen-bond donors (Lipinski definition) is 1. The van der Waals surface area contributed by atoms with Gasteiger partial charge in [0.25, 0.3) is 0 Å². The quantitative estimate of drug-likeness (QED) is 0.549. The molecule has 33 heavy (non-hydrogen) atoms. The van der Waals surface area contributed by atoms with E-state index in [2.05, 4.69) is 43.9 Å². The summed E-state index contributed by atoms with van der Waals surface area (Å²) in [6, 6.07) is 4.28. The minimum atomic E-state index is -0.564. The molecule has 2 heterocycles. The third kappa shape index (κ3) is 3.40. The average molecular weight is 456 g/mol. The maximum atomic E-state index is 13.1. The van der Waals surface area contributed by atoms with Crippen molar-refractivity contribution >= 4 is 5.97 Å². The van der Waals surface area contributed by atoms with Crippen molar-refractivity contribution in [2.24, 2.45) is 23.2 Å². The summed E-state index contributed by atoms with van der Waals surface area (Å²) in [5, 5.41) is 11.6. The van der Waals surface area contributed by atoms with Gasteiger partial charge in [-0.3, -0.25) is 9.69 Å². The average Bonchev–Trinajstić information content (AvgIpc) is 3.11. The fraction of sp³-hybridized carbons (Fsp3) is 0.667.